The molecule has 0 spiro atoms. The second-order valence-corrected chi connectivity index (χ2v) is 8.59. The van der Waals surface area contributed by atoms with Gasteiger partial charge < -0.3 is 21.3 Å². The summed E-state index contributed by atoms with van der Waals surface area (Å²) in [6.07, 6.45) is 1.11. The molecule has 3 aromatic rings. The fraction of sp³-hybridized carbons (Fsp3) is 0.462. The van der Waals surface area contributed by atoms with Crippen LogP contribution in [0, 0.1) is 0 Å². The minimum Gasteiger partial charge on any atom is -0.315 e. The summed E-state index contributed by atoms with van der Waals surface area (Å²) in [6, 6.07) is 18.8. The lowest BCUT2D eigenvalue weighted by Gasteiger charge is -2.23. The highest BCUT2D eigenvalue weighted by molar-refractivity contribution is 5.78. The van der Waals surface area contributed by atoms with Crippen LogP contribution in [0.2, 0.25) is 0 Å². The van der Waals surface area contributed by atoms with E-state index >= 15 is 0 Å². The van der Waals surface area contributed by atoms with E-state index in [1.54, 1.807) is 0 Å². The minimum absolute atomic E-state index is 0.817. The molecule has 0 atom stereocenters. The first kappa shape index (κ1) is 23.7. The van der Waals surface area contributed by atoms with Gasteiger partial charge in [0.05, 0.1) is 22.6 Å². The molecule has 4 N–H and O–H groups in total. The van der Waals surface area contributed by atoms with Crippen molar-refractivity contribution < 1.29 is 0 Å². The predicted octanol–water partition coefficient (Wildman–Crippen LogP) is 1.89. The zero-order chi connectivity index (χ0) is 22.6. The number of hydrogen-bond acceptors (Lipinski definition) is 7. The van der Waals surface area contributed by atoms with Crippen LogP contribution in [0.5, 0.6) is 0 Å². The van der Waals surface area contributed by atoms with Crippen LogP contribution in [0.15, 0.2) is 54.6 Å². The molecule has 3 heterocycles. The van der Waals surface area contributed by atoms with E-state index in [0.717, 1.165) is 101 Å². The third-order valence-corrected chi connectivity index (χ3v) is 5.96. The molecule has 7 nitrogen and oxygen atoms in total. The Bertz CT molecular complexity index is 950. The van der Waals surface area contributed by atoms with Crippen molar-refractivity contribution in [3.63, 3.8) is 0 Å². The van der Waals surface area contributed by atoms with E-state index < -0.39 is 0 Å². The van der Waals surface area contributed by atoms with Gasteiger partial charge in [-0.05, 0) is 43.8 Å². The molecule has 2 bridgehead atoms. The Morgan fingerprint density at radius 3 is 2.33 bits per heavy atom. The average Bonchev–Trinajstić information content (AvgIpc) is 2.85. The first-order chi connectivity index (χ1) is 16.4. The van der Waals surface area contributed by atoms with Gasteiger partial charge in [0.1, 0.15) is 0 Å². The maximum atomic E-state index is 4.72. The fourth-order valence-electron chi connectivity index (χ4n) is 4.09. The first-order valence-corrected chi connectivity index (χ1v) is 12.2. The maximum Gasteiger partial charge on any atom is 0.0705 e. The van der Waals surface area contributed by atoms with E-state index in [1.165, 1.54) is 5.39 Å². The zero-order valence-corrected chi connectivity index (χ0v) is 19.5. The molecule has 0 saturated carbocycles. The number of para-hydroxylation sites is 1. The summed E-state index contributed by atoms with van der Waals surface area (Å²) >= 11 is 0. The van der Waals surface area contributed by atoms with E-state index in [2.05, 4.69) is 79.7 Å². The van der Waals surface area contributed by atoms with Crippen LogP contribution < -0.4 is 21.3 Å². The molecule has 1 aromatic carbocycles. The van der Waals surface area contributed by atoms with Gasteiger partial charge in [-0.15, -0.1) is 0 Å². The molecule has 0 radical (unpaired) electrons. The normalized spacial score (nSPS) is 15.8. The Labute approximate surface area is 197 Å². The number of fused-ring (bicyclic) bond motifs is 3. The molecule has 0 unspecified atom stereocenters. The lowest BCUT2D eigenvalue weighted by atomic mass is 10.2. The number of nitrogens with one attached hydrogen (secondary N) is 4. The third kappa shape index (κ3) is 8.14. The van der Waals surface area contributed by atoms with Crippen molar-refractivity contribution >= 4 is 10.9 Å². The summed E-state index contributed by atoms with van der Waals surface area (Å²) < 4.78 is 0. The standard InChI is InChI=1S/C26H37N7/c1-2-8-26-22(5-1)9-10-25(32-26)21-28-12-4-11-27-13-16-33-17-14-29-19-23-6-3-7-24(31-23)20-30-15-18-33/h1-3,5-10,27-30H,4,11-21H2. The summed E-state index contributed by atoms with van der Waals surface area (Å²) in [7, 11) is 0. The van der Waals surface area contributed by atoms with E-state index in [9.17, 15) is 0 Å². The minimum atomic E-state index is 0.817. The van der Waals surface area contributed by atoms with Crippen LogP contribution in [-0.4, -0.2) is 67.2 Å². The van der Waals surface area contributed by atoms with Gasteiger partial charge in [0.2, 0.25) is 0 Å². The Hall–Kier alpha value is -2.42. The number of nitrogens with zero attached hydrogens (tertiary/aromatic N) is 3. The molecule has 0 saturated heterocycles. The van der Waals surface area contributed by atoms with E-state index in [4.69, 9.17) is 4.98 Å². The highest BCUT2D eigenvalue weighted by Gasteiger charge is 2.07. The predicted molar refractivity (Wildman–Crippen MR) is 135 cm³/mol. The van der Waals surface area contributed by atoms with Crippen LogP contribution in [-0.2, 0) is 19.6 Å². The highest BCUT2D eigenvalue weighted by atomic mass is 15.2. The summed E-state index contributed by atoms with van der Waals surface area (Å²) in [6.45, 7) is 10.7. The van der Waals surface area contributed by atoms with Crippen molar-refractivity contribution in [2.24, 2.45) is 0 Å². The Kier molecular flexibility index (Phi) is 9.58. The number of pyridine rings is 2. The largest absolute Gasteiger partial charge is 0.315 e. The van der Waals surface area contributed by atoms with E-state index in [1.807, 2.05) is 6.07 Å². The van der Waals surface area contributed by atoms with Crippen LogP contribution in [0.4, 0.5) is 0 Å². The lowest BCUT2D eigenvalue weighted by Crippen LogP contribution is -2.41. The lowest BCUT2D eigenvalue weighted by molar-refractivity contribution is 0.270. The van der Waals surface area contributed by atoms with Crippen LogP contribution in [0.1, 0.15) is 23.5 Å². The van der Waals surface area contributed by atoms with Crippen LogP contribution in [0.25, 0.3) is 10.9 Å². The van der Waals surface area contributed by atoms with Gasteiger partial charge in [0.25, 0.3) is 0 Å². The Morgan fingerprint density at radius 2 is 1.52 bits per heavy atom. The monoisotopic (exact) mass is 447 g/mol. The van der Waals surface area contributed by atoms with E-state index in [-0.39, 0.29) is 0 Å². The second kappa shape index (κ2) is 13.3. The molecule has 0 aliphatic carbocycles. The van der Waals surface area contributed by atoms with Crippen molar-refractivity contribution in [1.82, 2.24) is 36.1 Å². The summed E-state index contributed by atoms with van der Waals surface area (Å²) in [5, 5.41) is 15.4. The highest BCUT2D eigenvalue weighted by Crippen LogP contribution is 2.11. The number of hydrogen-bond donors (Lipinski definition) is 4. The van der Waals surface area contributed by atoms with Crippen molar-refractivity contribution in [3.8, 4) is 0 Å². The molecule has 0 fully saturated rings. The zero-order valence-electron chi connectivity index (χ0n) is 19.5. The first-order valence-electron chi connectivity index (χ1n) is 12.2. The number of benzene rings is 1. The van der Waals surface area contributed by atoms with Crippen LogP contribution >= 0.6 is 0 Å². The molecule has 1 aliphatic heterocycles. The molecule has 176 valence electrons. The summed E-state index contributed by atoms with van der Waals surface area (Å²) in [4.78, 5) is 11.9. The summed E-state index contributed by atoms with van der Waals surface area (Å²) in [5.74, 6) is 0. The van der Waals surface area contributed by atoms with Crippen LogP contribution in [0.3, 0.4) is 0 Å². The molecule has 0 amide bonds. The number of rotatable bonds is 9. The van der Waals surface area contributed by atoms with Gasteiger partial charge in [-0.2, -0.15) is 0 Å². The van der Waals surface area contributed by atoms with Gasteiger partial charge in [-0.3, -0.25) is 14.9 Å². The second-order valence-electron chi connectivity index (χ2n) is 8.59. The molecule has 2 aromatic heterocycles. The molecular weight excluding hydrogens is 410 g/mol. The van der Waals surface area contributed by atoms with Crippen molar-refractivity contribution in [2.75, 3.05) is 52.4 Å². The van der Waals surface area contributed by atoms with Gasteiger partial charge in [-0.25, -0.2) is 0 Å². The van der Waals surface area contributed by atoms with Crippen molar-refractivity contribution in [3.05, 3.63) is 71.7 Å². The molecule has 1 aliphatic rings. The maximum absolute atomic E-state index is 4.72. The van der Waals surface area contributed by atoms with E-state index in [0.29, 0.717) is 0 Å². The summed E-state index contributed by atoms with van der Waals surface area (Å²) in [5.41, 5.74) is 4.40. The molecular formula is C26H37N7. The van der Waals surface area contributed by atoms with Crippen molar-refractivity contribution in [1.29, 1.82) is 0 Å². The van der Waals surface area contributed by atoms with Gasteiger partial charge in [0.15, 0.2) is 0 Å². The van der Waals surface area contributed by atoms with Gasteiger partial charge in [0, 0.05) is 64.3 Å². The Morgan fingerprint density at radius 1 is 0.758 bits per heavy atom. The van der Waals surface area contributed by atoms with Crippen molar-refractivity contribution in [2.45, 2.75) is 26.1 Å². The average molecular weight is 448 g/mol. The fourth-order valence-corrected chi connectivity index (χ4v) is 4.09. The molecule has 7 heteroatoms. The third-order valence-electron chi connectivity index (χ3n) is 5.96. The smallest absolute Gasteiger partial charge is 0.0705 e. The molecule has 4 rings (SSSR count). The number of aromatic nitrogens is 2. The van der Waals surface area contributed by atoms with Gasteiger partial charge in [-0.1, -0.05) is 30.3 Å². The molecule has 33 heavy (non-hydrogen) atoms. The quantitative estimate of drug-likeness (QED) is 0.373. The SMILES string of the molecule is c1cc2nc(c1)CNCCN(CCNCCCNCc1ccc3ccccc3n1)CCNC2. The topological polar surface area (TPSA) is 77.1 Å². The van der Waals surface area contributed by atoms with Gasteiger partial charge >= 0.3 is 0 Å². The Balaban J connectivity index is 1.07.